The first-order chi connectivity index (χ1) is 9.95. The third kappa shape index (κ3) is 4.03. The first-order valence-electron chi connectivity index (χ1n) is 8.32. The van der Waals surface area contributed by atoms with E-state index in [0.717, 1.165) is 24.7 Å². The Hall–Kier alpha value is -0.500. The van der Waals surface area contributed by atoms with Gasteiger partial charge in [-0.15, -0.1) is 0 Å². The number of hydrogen-bond acceptors (Lipinski definition) is 1. The van der Waals surface area contributed by atoms with Gasteiger partial charge in [0.05, 0.1) is 6.61 Å². The summed E-state index contributed by atoms with van der Waals surface area (Å²) in [5.41, 5.74) is 1.63. The summed E-state index contributed by atoms with van der Waals surface area (Å²) in [6.45, 7) is 10.1. The Kier molecular flexibility index (Phi) is 5.76. The molecule has 0 saturated heterocycles. The van der Waals surface area contributed by atoms with Crippen LogP contribution >= 0.6 is 15.9 Å². The van der Waals surface area contributed by atoms with Crippen LogP contribution in [0, 0.1) is 11.8 Å². The molecule has 1 aliphatic rings. The summed E-state index contributed by atoms with van der Waals surface area (Å²) in [6.07, 6.45) is 5.02. The van der Waals surface area contributed by atoms with E-state index in [4.69, 9.17) is 4.74 Å². The van der Waals surface area contributed by atoms with Crippen LogP contribution in [0.15, 0.2) is 24.3 Å². The number of rotatable bonds is 5. The quantitative estimate of drug-likeness (QED) is 0.594. The smallest absolute Gasteiger partial charge is 0.119 e. The van der Waals surface area contributed by atoms with Crippen LogP contribution in [0.3, 0.4) is 0 Å². The minimum Gasteiger partial charge on any atom is -0.494 e. The third-order valence-electron chi connectivity index (χ3n) is 5.03. The number of halogens is 1. The van der Waals surface area contributed by atoms with E-state index in [1.165, 1.54) is 24.8 Å². The lowest BCUT2D eigenvalue weighted by molar-refractivity contribution is 0.214. The van der Waals surface area contributed by atoms with Crippen molar-refractivity contribution in [3.63, 3.8) is 0 Å². The third-order valence-corrected chi connectivity index (χ3v) is 6.04. The molecule has 1 nitrogen and oxygen atoms in total. The summed E-state index contributed by atoms with van der Waals surface area (Å²) in [4.78, 5) is 0.632. The highest BCUT2D eigenvalue weighted by molar-refractivity contribution is 9.09. The number of benzene rings is 1. The monoisotopic (exact) mass is 352 g/mol. The van der Waals surface area contributed by atoms with E-state index in [9.17, 15) is 0 Å². The summed E-state index contributed by atoms with van der Waals surface area (Å²) in [5.74, 6) is 2.55. The zero-order chi connectivity index (χ0) is 15.5. The standard InChI is InChI=1S/C19H29BrO/c1-5-12-21-16-9-7-15(8-10-16)19(3,4)17-11-6-14(2)13-18(17)20/h7-10,14,17-18H,5-6,11-13H2,1-4H3. The number of alkyl halides is 1. The van der Waals surface area contributed by atoms with Gasteiger partial charge in [-0.25, -0.2) is 0 Å². The first-order valence-corrected chi connectivity index (χ1v) is 9.24. The molecule has 3 atom stereocenters. The maximum atomic E-state index is 5.69. The molecular formula is C19H29BrO. The fraction of sp³-hybridized carbons (Fsp3) is 0.684. The van der Waals surface area contributed by atoms with Gasteiger partial charge in [-0.3, -0.25) is 0 Å². The van der Waals surface area contributed by atoms with E-state index in [1.807, 2.05) is 0 Å². The fourth-order valence-corrected chi connectivity index (χ4v) is 5.10. The maximum Gasteiger partial charge on any atom is 0.119 e. The van der Waals surface area contributed by atoms with Crippen molar-refractivity contribution in [3.05, 3.63) is 29.8 Å². The van der Waals surface area contributed by atoms with E-state index >= 15 is 0 Å². The molecule has 118 valence electrons. The highest BCUT2D eigenvalue weighted by Gasteiger charge is 2.38. The molecule has 1 saturated carbocycles. The number of hydrogen-bond donors (Lipinski definition) is 0. The molecule has 1 aromatic rings. The first kappa shape index (κ1) is 16.9. The molecule has 0 bridgehead atoms. The van der Waals surface area contributed by atoms with Crippen LogP contribution in [0.2, 0.25) is 0 Å². The van der Waals surface area contributed by atoms with Gasteiger partial charge in [0.1, 0.15) is 5.75 Å². The Labute approximate surface area is 138 Å². The van der Waals surface area contributed by atoms with E-state index in [1.54, 1.807) is 0 Å². The molecule has 0 aromatic heterocycles. The SMILES string of the molecule is CCCOc1ccc(C(C)(C)C2CCC(C)CC2Br)cc1. The lowest BCUT2D eigenvalue weighted by Gasteiger charge is -2.42. The van der Waals surface area contributed by atoms with Crippen molar-refractivity contribution in [2.75, 3.05) is 6.61 Å². The Morgan fingerprint density at radius 2 is 1.86 bits per heavy atom. The van der Waals surface area contributed by atoms with Gasteiger partial charge in [0.15, 0.2) is 0 Å². The Balaban J connectivity index is 2.11. The molecule has 1 aliphatic carbocycles. The summed E-state index contributed by atoms with van der Waals surface area (Å²) < 4.78 is 5.69. The van der Waals surface area contributed by atoms with Crippen LogP contribution in [-0.2, 0) is 5.41 Å². The molecule has 0 aliphatic heterocycles. The van der Waals surface area contributed by atoms with E-state index in [2.05, 4.69) is 67.9 Å². The van der Waals surface area contributed by atoms with Gasteiger partial charge in [-0.1, -0.05) is 62.2 Å². The van der Waals surface area contributed by atoms with Gasteiger partial charge >= 0.3 is 0 Å². The molecule has 0 N–H and O–H groups in total. The van der Waals surface area contributed by atoms with Crippen molar-refractivity contribution in [2.45, 2.75) is 63.6 Å². The minimum absolute atomic E-state index is 0.206. The molecular weight excluding hydrogens is 324 g/mol. The average molecular weight is 353 g/mol. The summed E-state index contributed by atoms with van der Waals surface area (Å²) in [6, 6.07) is 8.76. The van der Waals surface area contributed by atoms with Crippen LogP contribution < -0.4 is 4.74 Å². The largest absolute Gasteiger partial charge is 0.494 e. The summed E-state index contributed by atoms with van der Waals surface area (Å²) in [7, 11) is 0. The molecule has 21 heavy (non-hydrogen) atoms. The van der Waals surface area contributed by atoms with Gasteiger partial charge in [0, 0.05) is 4.83 Å². The highest BCUT2D eigenvalue weighted by Crippen LogP contribution is 2.45. The van der Waals surface area contributed by atoms with Gasteiger partial charge in [0.25, 0.3) is 0 Å². The van der Waals surface area contributed by atoms with Crippen LogP contribution in [0.1, 0.15) is 58.9 Å². The zero-order valence-corrected chi connectivity index (χ0v) is 15.4. The lowest BCUT2D eigenvalue weighted by Crippen LogP contribution is -2.38. The molecule has 0 amide bonds. The second-order valence-electron chi connectivity index (χ2n) is 7.14. The zero-order valence-electron chi connectivity index (χ0n) is 13.9. The minimum atomic E-state index is 0.206. The molecule has 0 spiro atoms. The summed E-state index contributed by atoms with van der Waals surface area (Å²) >= 11 is 3.95. The molecule has 2 rings (SSSR count). The maximum absolute atomic E-state index is 5.69. The second-order valence-corrected chi connectivity index (χ2v) is 8.31. The van der Waals surface area contributed by atoms with Crippen molar-refractivity contribution in [2.24, 2.45) is 11.8 Å². The fourth-order valence-electron chi connectivity index (χ4n) is 3.54. The molecule has 2 heteroatoms. The van der Waals surface area contributed by atoms with Gasteiger partial charge in [0.2, 0.25) is 0 Å². The van der Waals surface area contributed by atoms with Crippen LogP contribution in [0.25, 0.3) is 0 Å². The Morgan fingerprint density at radius 3 is 2.43 bits per heavy atom. The molecule has 1 aromatic carbocycles. The van der Waals surface area contributed by atoms with Crippen LogP contribution in [-0.4, -0.2) is 11.4 Å². The normalized spacial score (nSPS) is 26.6. The predicted molar refractivity (Wildman–Crippen MR) is 94.5 cm³/mol. The van der Waals surface area contributed by atoms with Crippen molar-refractivity contribution in [1.82, 2.24) is 0 Å². The van der Waals surface area contributed by atoms with Gasteiger partial charge < -0.3 is 4.74 Å². The van der Waals surface area contributed by atoms with Crippen molar-refractivity contribution in [1.29, 1.82) is 0 Å². The second kappa shape index (κ2) is 7.17. The molecule has 0 radical (unpaired) electrons. The predicted octanol–water partition coefficient (Wildman–Crippen LogP) is 5.95. The van der Waals surface area contributed by atoms with Crippen LogP contribution in [0.4, 0.5) is 0 Å². The highest BCUT2D eigenvalue weighted by atomic mass is 79.9. The number of ether oxygens (including phenoxy) is 1. The van der Waals surface area contributed by atoms with Gasteiger partial charge in [-0.05, 0) is 54.2 Å². The summed E-state index contributed by atoms with van der Waals surface area (Å²) in [5, 5.41) is 0. The van der Waals surface area contributed by atoms with E-state index in [0.29, 0.717) is 10.7 Å². The average Bonchev–Trinajstić information content (AvgIpc) is 2.45. The van der Waals surface area contributed by atoms with Crippen molar-refractivity contribution in [3.8, 4) is 5.75 Å². The van der Waals surface area contributed by atoms with Crippen molar-refractivity contribution >= 4 is 15.9 Å². The van der Waals surface area contributed by atoms with E-state index in [-0.39, 0.29) is 5.41 Å². The topological polar surface area (TPSA) is 9.23 Å². The van der Waals surface area contributed by atoms with Crippen molar-refractivity contribution < 1.29 is 4.74 Å². The Morgan fingerprint density at radius 1 is 1.19 bits per heavy atom. The molecule has 1 fully saturated rings. The molecule has 3 unspecified atom stereocenters. The molecule has 0 heterocycles. The van der Waals surface area contributed by atoms with E-state index < -0.39 is 0 Å². The van der Waals surface area contributed by atoms with Crippen LogP contribution in [0.5, 0.6) is 5.75 Å². The Bertz CT molecular complexity index is 437. The van der Waals surface area contributed by atoms with Gasteiger partial charge in [-0.2, -0.15) is 0 Å². The lowest BCUT2D eigenvalue weighted by atomic mass is 9.66.